The minimum Gasteiger partial charge on any atom is -0.357 e. The third kappa shape index (κ3) is 2.45. The van der Waals surface area contributed by atoms with Crippen molar-refractivity contribution in [2.24, 2.45) is 0 Å². The molecule has 1 N–H and O–H groups in total. The van der Waals surface area contributed by atoms with Gasteiger partial charge in [0.25, 0.3) is 0 Å². The summed E-state index contributed by atoms with van der Waals surface area (Å²) in [5.41, 5.74) is 0. The first kappa shape index (κ1) is 13.6. The molecule has 0 unspecified atom stereocenters. The maximum atomic E-state index is 11.5. The third-order valence-electron chi connectivity index (χ3n) is 3.36. The predicted molar refractivity (Wildman–Crippen MR) is 82.6 cm³/mol. The van der Waals surface area contributed by atoms with E-state index >= 15 is 0 Å². The second-order valence-electron chi connectivity index (χ2n) is 4.84. The number of aromatic nitrogens is 2. The molecule has 0 aromatic carbocycles. The molecule has 0 spiro atoms. The molecule has 1 aliphatic rings. The number of hydrogen-bond acceptors (Lipinski definition) is 7. The number of hydrogen-bond donors (Lipinski definition) is 1. The Morgan fingerprint density at radius 2 is 2.00 bits per heavy atom. The monoisotopic (exact) mass is 312 g/mol. The minimum atomic E-state index is -2.89. The molecule has 0 bridgehead atoms. The molecule has 3 heterocycles. The Bertz CT molecular complexity index is 740. The Hall–Kier alpha value is -1.41. The van der Waals surface area contributed by atoms with Crippen LogP contribution in [0.2, 0.25) is 0 Å². The molecule has 0 aliphatic carbocycles. The molecular formula is C12H16N4O2S2. The van der Waals surface area contributed by atoms with E-state index in [0.29, 0.717) is 19.0 Å². The highest BCUT2D eigenvalue weighted by molar-refractivity contribution is 7.91. The van der Waals surface area contributed by atoms with Crippen LogP contribution in [0.15, 0.2) is 6.07 Å². The second-order valence-corrected chi connectivity index (χ2v) is 8.37. The van der Waals surface area contributed by atoms with E-state index < -0.39 is 9.84 Å². The van der Waals surface area contributed by atoms with Crippen molar-refractivity contribution in [3.05, 3.63) is 10.9 Å². The quantitative estimate of drug-likeness (QED) is 0.900. The van der Waals surface area contributed by atoms with Gasteiger partial charge in [0, 0.05) is 25.0 Å². The van der Waals surface area contributed by atoms with Gasteiger partial charge in [0.2, 0.25) is 5.95 Å². The number of nitrogens with one attached hydrogen (secondary N) is 1. The minimum absolute atomic E-state index is 0.191. The Kier molecular flexibility index (Phi) is 3.29. The van der Waals surface area contributed by atoms with Gasteiger partial charge < -0.3 is 10.2 Å². The molecule has 0 radical (unpaired) electrons. The van der Waals surface area contributed by atoms with Crippen LogP contribution in [0, 0.1) is 6.92 Å². The summed E-state index contributed by atoms with van der Waals surface area (Å²) in [6, 6.07) is 2.07. The maximum absolute atomic E-state index is 11.5. The molecule has 0 atom stereocenters. The van der Waals surface area contributed by atoms with Gasteiger partial charge in [-0.2, -0.15) is 4.98 Å². The molecule has 6 nitrogen and oxygen atoms in total. The van der Waals surface area contributed by atoms with E-state index in [9.17, 15) is 8.42 Å². The van der Waals surface area contributed by atoms with Crippen LogP contribution in [0.4, 0.5) is 11.8 Å². The topological polar surface area (TPSA) is 75.2 Å². The Morgan fingerprint density at radius 3 is 2.65 bits per heavy atom. The summed E-state index contributed by atoms with van der Waals surface area (Å²) >= 11 is 1.62. The first-order chi connectivity index (χ1) is 9.48. The lowest BCUT2D eigenvalue weighted by atomic mass is 10.3. The predicted octanol–water partition coefficient (Wildman–Crippen LogP) is 1.28. The fraction of sp³-hybridized carbons (Fsp3) is 0.500. The molecule has 20 heavy (non-hydrogen) atoms. The molecule has 2 aromatic rings. The van der Waals surface area contributed by atoms with Gasteiger partial charge in [0.05, 0.1) is 16.9 Å². The normalized spacial score (nSPS) is 18.4. The van der Waals surface area contributed by atoms with Crippen molar-refractivity contribution in [1.82, 2.24) is 9.97 Å². The number of nitrogens with zero attached hydrogens (tertiary/aromatic N) is 3. The van der Waals surface area contributed by atoms with E-state index in [1.165, 1.54) is 4.88 Å². The summed E-state index contributed by atoms with van der Waals surface area (Å²) < 4.78 is 23.1. The number of anilines is 2. The van der Waals surface area contributed by atoms with Crippen molar-refractivity contribution >= 4 is 43.2 Å². The van der Waals surface area contributed by atoms with Gasteiger partial charge in [0.15, 0.2) is 9.84 Å². The van der Waals surface area contributed by atoms with E-state index in [2.05, 4.69) is 21.4 Å². The molecule has 1 saturated heterocycles. The van der Waals surface area contributed by atoms with Crippen molar-refractivity contribution in [2.45, 2.75) is 6.92 Å². The first-order valence-corrected chi connectivity index (χ1v) is 9.03. The Morgan fingerprint density at radius 1 is 1.30 bits per heavy atom. The highest BCUT2D eigenvalue weighted by Gasteiger charge is 2.24. The highest BCUT2D eigenvalue weighted by Crippen LogP contribution is 2.32. The lowest BCUT2D eigenvalue weighted by Gasteiger charge is -2.28. The van der Waals surface area contributed by atoms with Gasteiger partial charge in [-0.1, -0.05) is 0 Å². The first-order valence-electron chi connectivity index (χ1n) is 6.40. The van der Waals surface area contributed by atoms with Crippen LogP contribution in [0.5, 0.6) is 0 Å². The van der Waals surface area contributed by atoms with Crippen molar-refractivity contribution in [3.8, 4) is 0 Å². The lowest BCUT2D eigenvalue weighted by Crippen LogP contribution is -2.40. The van der Waals surface area contributed by atoms with Gasteiger partial charge in [-0.05, 0) is 13.0 Å². The molecule has 1 fully saturated rings. The molecule has 0 amide bonds. The summed E-state index contributed by atoms with van der Waals surface area (Å²) in [5.74, 6) is 1.79. The lowest BCUT2D eigenvalue weighted by molar-refractivity contribution is 0.586. The van der Waals surface area contributed by atoms with Crippen molar-refractivity contribution in [3.63, 3.8) is 0 Å². The van der Waals surface area contributed by atoms with Crippen LogP contribution in [0.1, 0.15) is 4.88 Å². The van der Waals surface area contributed by atoms with Crippen molar-refractivity contribution in [2.75, 3.05) is 41.9 Å². The number of sulfone groups is 1. The molecule has 2 aromatic heterocycles. The molecular weight excluding hydrogens is 296 g/mol. The summed E-state index contributed by atoms with van der Waals surface area (Å²) in [6.45, 7) is 3.02. The highest BCUT2D eigenvalue weighted by atomic mass is 32.2. The van der Waals surface area contributed by atoms with Crippen LogP contribution in [-0.4, -0.2) is 50.0 Å². The van der Waals surface area contributed by atoms with E-state index in [4.69, 9.17) is 0 Å². The standard InChI is InChI=1S/C12H16N4O2S2/c1-8-7-9-10(14-12(13-2)15-11(9)19-8)16-3-5-20(17,18)6-4-16/h7H,3-6H2,1-2H3,(H,13,14,15). The summed E-state index contributed by atoms with van der Waals surface area (Å²) in [6.07, 6.45) is 0. The van der Waals surface area contributed by atoms with E-state index in [-0.39, 0.29) is 11.5 Å². The third-order valence-corrected chi connectivity index (χ3v) is 5.92. The van der Waals surface area contributed by atoms with Crippen LogP contribution in [0.3, 0.4) is 0 Å². The van der Waals surface area contributed by atoms with Crippen LogP contribution < -0.4 is 10.2 Å². The summed E-state index contributed by atoms with van der Waals surface area (Å²) in [7, 11) is -1.10. The number of aryl methyl sites for hydroxylation is 1. The Labute approximate surface area is 121 Å². The number of rotatable bonds is 2. The number of thiophene rings is 1. The Balaban J connectivity index is 2.06. The van der Waals surface area contributed by atoms with Crippen molar-refractivity contribution < 1.29 is 8.42 Å². The van der Waals surface area contributed by atoms with Crippen molar-refractivity contribution in [1.29, 1.82) is 0 Å². The molecule has 0 saturated carbocycles. The fourth-order valence-corrected chi connectivity index (χ4v) is 4.38. The van der Waals surface area contributed by atoms with E-state index in [1.54, 1.807) is 18.4 Å². The average molecular weight is 312 g/mol. The average Bonchev–Trinajstić information content (AvgIpc) is 2.78. The van der Waals surface area contributed by atoms with Gasteiger partial charge in [-0.15, -0.1) is 11.3 Å². The van der Waals surface area contributed by atoms with Gasteiger partial charge in [-0.25, -0.2) is 13.4 Å². The molecule has 1 aliphatic heterocycles. The SMILES string of the molecule is CNc1nc(N2CCS(=O)(=O)CC2)c2cc(C)sc2n1. The van der Waals surface area contributed by atoms with Crippen LogP contribution >= 0.6 is 11.3 Å². The zero-order valence-electron chi connectivity index (χ0n) is 11.4. The summed E-state index contributed by atoms with van der Waals surface area (Å²) in [4.78, 5) is 13.1. The van der Waals surface area contributed by atoms with E-state index in [0.717, 1.165) is 16.0 Å². The van der Waals surface area contributed by atoms with E-state index in [1.807, 2.05) is 11.8 Å². The maximum Gasteiger partial charge on any atom is 0.225 e. The second kappa shape index (κ2) is 4.85. The van der Waals surface area contributed by atoms with Crippen LogP contribution in [0.25, 0.3) is 10.2 Å². The zero-order valence-corrected chi connectivity index (χ0v) is 13.0. The van der Waals surface area contributed by atoms with Gasteiger partial charge in [0.1, 0.15) is 10.6 Å². The fourth-order valence-electron chi connectivity index (χ4n) is 2.30. The smallest absolute Gasteiger partial charge is 0.225 e. The molecule has 108 valence electrons. The van der Waals surface area contributed by atoms with Crippen LogP contribution in [-0.2, 0) is 9.84 Å². The van der Waals surface area contributed by atoms with Gasteiger partial charge in [-0.3, -0.25) is 0 Å². The van der Waals surface area contributed by atoms with Gasteiger partial charge >= 0.3 is 0 Å². The largest absolute Gasteiger partial charge is 0.357 e. The molecule has 8 heteroatoms. The summed E-state index contributed by atoms with van der Waals surface area (Å²) in [5, 5.41) is 3.97. The number of fused-ring (bicyclic) bond motifs is 1. The zero-order chi connectivity index (χ0) is 14.3. The molecule has 3 rings (SSSR count).